The highest BCUT2D eigenvalue weighted by atomic mass is 16.5. The zero-order valence-electron chi connectivity index (χ0n) is 13.6. The molecule has 1 unspecified atom stereocenters. The molecule has 3 rings (SSSR count). The molecule has 0 aliphatic carbocycles. The van der Waals surface area contributed by atoms with Crippen molar-refractivity contribution in [2.24, 2.45) is 0 Å². The van der Waals surface area contributed by atoms with Gasteiger partial charge in [0.15, 0.2) is 0 Å². The van der Waals surface area contributed by atoms with Crippen LogP contribution in [-0.4, -0.2) is 31.0 Å². The minimum atomic E-state index is -0.152. The summed E-state index contributed by atoms with van der Waals surface area (Å²) in [6, 6.07) is 16.0. The Kier molecular flexibility index (Phi) is 4.63. The predicted octanol–water partition coefficient (Wildman–Crippen LogP) is 2.37. The van der Waals surface area contributed by atoms with Crippen LogP contribution < -0.4 is 10.1 Å². The van der Waals surface area contributed by atoms with E-state index in [-0.39, 0.29) is 11.9 Å². The van der Waals surface area contributed by atoms with Crippen molar-refractivity contribution >= 4 is 5.91 Å². The van der Waals surface area contributed by atoms with Gasteiger partial charge < -0.3 is 15.0 Å². The summed E-state index contributed by atoms with van der Waals surface area (Å²) in [5.74, 6) is 0.940. The average molecular weight is 310 g/mol. The maximum atomic E-state index is 12.7. The van der Waals surface area contributed by atoms with Crippen molar-refractivity contribution in [3.05, 3.63) is 65.2 Å². The number of methoxy groups -OCH3 is 1. The molecule has 0 fully saturated rings. The Morgan fingerprint density at radius 1 is 1.22 bits per heavy atom. The van der Waals surface area contributed by atoms with Crippen LogP contribution in [0.5, 0.6) is 5.75 Å². The molecular weight excluding hydrogens is 288 g/mol. The Morgan fingerprint density at radius 3 is 2.78 bits per heavy atom. The standard InChI is InChI=1S/C19H22N2O2/c1-21(13-14-6-5-9-17(10-14)23-2)19(22)18-11-15-7-3-4-8-16(15)12-20-18/h3-10,18,20H,11-13H2,1-2H3. The molecule has 0 saturated heterocycles. The molecule has 1 amide bonds. The molecule has 0 bridgehead atoms. The van der Waals surface area contributed by atoms with Crippen LogP contribution >= 0.6 is 0 Å². The van der Waals surface area contributed by atoms with Crippen LogP contribution in [0.1, 0.15) is 16.7 Å². The van der Waals surface area contributed by atoms with Crippen molar-refractivity contribution in [3.8, 4) is 5.75 Å². The monoisotopic (exact) mass is 310 g/mol. The number of nitrogens with zero attached hydrogens (tertiary/aromatic N) is 1. The second kappa shape index (κ2) is 6.84. The highest BCUT2D eigenvalue weighted by Crippen LogP contribution is 2.18. The predicted molar refractivity (Wildman–Crippen MR) is 90.2 cm³/mol. The maximum absolute atomic E-state index is 12.7. The van der Waals surface area contributed by atoms with Gasteiger partial charge in [0.05, 0.1) is 13.2 Å². The Morgan fingerprint density at radius 2 is 2.00 bits per heavy atom. The fourth-order valence-corrected chi connectivity index (χ4v) is 3.02. The number of ether oxygens (including phenoxy) is 1. The largest absolute Gasteiger partial charge is 0.497 e. The first-order chi connectivity index (χ1) is 11.2. The van der Waals surface area contributed by atoms with E-state index < -0.39 is 0 Å². The molecule has 1 aliphatic rings. The first kappa shape index (κ1) is 15.6. The number of fused-ring (bicyclic) bond motifs is 1. The molecule has 2 aromatic rings. The smallest absolute Gasteiger partial charge is 0.240 e. The Hall–Kier alpha value is -2.33. The lowest BCUT2D eigenvalue weighted by Crippen LogP contribution is -2.48. The number of likely N-dealkylation sites (N-methyl/N-ethyl adjacent to an activating group) is 1. The van der Waals surface area contributed by atoms with Crippen LogP contribution in [0.4, 0.5) is 0 Å². The van der Waals surface area contributed by atoms with E-state index >= 15 is 0 Å². The number of amides is 1. The summed E-state index contributed by atoms with van der Waals surface area (Å²) >= 11 is 0. The molecule has 1 heterocycles. The van der Waals surface area contributed by atoms with E-state index in [1.54, 1.807) is 12.0 Å². The van der Waals surface area contributed by atoms with Gasteiger partial charge >= 0.3 is 0 Å². The Balaban J connectivity index is 1.66. The molecule has 23 heavy (non-hydrogen) atoms. The van der Waals surface area contributed by atoms with Gasteiger partial charge in [0.1, 0.15) is 5.75 Å². The molecule has 1 aliphatic heterocycles. The zero-order valence-corrected chi connectivity index (χ0v) is 13.6. The number of benzene rings is 2. The van der Waals surface area contributed by atoms with E-state index in [2.05, 4.69) is 17.4 Å². The highest BCUT2D eigenvalue weighted by Gasteiger charge is 2.26. The fraction of sp³-hybridized carbons (Fsp3) is 0.316. The van der Waals surface area contributed by atoms with Crippen molar-refractivity contribution < 1.29 is 9.53 Å². The van der Waals surface area contributed by atoms with Crippen molar-refractivity contribution in [3.63, 3.8) is 0 Å². The summed E-state index contributed by atoms with van der Waals surface area (Å²) in [6.45, 7) is 1.33. The summed E-state index contributed by atoms with van der Waals surface area (Å²) in [4.78, 5) is 14.5. The number of carbonyl (C=O) groups is 1. The topological polar surface area (TPSA) is 41.6 Å². The molecule has 0 saturated carbocycles. The van der Waals surface area contributed by atoms with Crippen molar-refractivity contribution in [1.29, 1.82) is 0 Å². The van der Waals surface area contributed by atoms with E-state index in [4.69, 9.17) is 4.74 Å². The third-order valence-corrected chi connectivity index (χ3v) is 4.31. The third-order valence-electron chi connectivity index (χ3n) is 4.31. The normalized spacial score (nSPS) is 16.5. The van der Waals surface area contributed by atoms with Gasteiger partial charge in [-0.3, -0.25) is 4.79 Å². The fourth-order valence-electron chi connectivity index (χ4n) is 3.02. The second-order valence-electron chi connectivity index (χ2n) is 5.95. The number of nitrogens with one attached hydrogen (secondary N) is 1. The quantitative estimate of drug-likeness (QED) is 0.942. The van der Waals surface area contributed by atoms with Crippen LogP contribution in [0, 0.1) is 0 Å². The lowest BCUT2D eigenvalue weighted by atomic mass is 9.95. The van der Waals surface area contributed by atoms with Gasteiger partial charge in [0.2, 0.25) is 5.91 Å². The highest BCUT2D eigenvalue weighted by molar-refractivity contribution is 5.82. The maximum Gasteiger partial charge on any atom is 0.240 e. The molecule has 0 spiro atoms. The van der Waals surface area contributed by atoms with Gasteiger partial charge in [-0.15, -0.1) is 0 Å². The minimum absolute atomic E-state index is 0.127. The molecule has 1 atom stereocenters. The van der Waals surface area contributed by atoms with E-state index in [0.29, 0.717) is 6.54 Å². The molecule has 120 valence electrons. The first-order valence-electron chi connectivity index (χ1n) is 7.85. The van der Waals surface area contributed by atoms with Gasteiger partial charge in [0, 0.05) is 20.1 Å². The number of rotatable bonds is 4. The zero-order chi connectivity index (χ0) is 16.2. The molecule has 2 aromatic carbocycles. The SMILES string of the molecule is COc1cccc(CN(C)C(=O)C2Cc3ccccc3CN2)c1. The molecule has 4 heteroatoms. The minimum Gasteiger partial charge on any atom is -0.497 e. The van der Waals surface area contributed by atoms with Gasteiger partial charge in [0.25, 0.3) is 0 Å². The van der Waals surface area contributed by atoms with Crippen LogP contribution in [0.15, 0.2) is 48.5 Å². The van der Waals surface area contributed by atoms with E-state index in [1.165, 1.54) is 11.1 Å². The lowest BCUT2D eigenvalue weighted by molar-refractivity contribution is -0.132. The van der Waals surface area contributed by atoms with Crippen molar-refractivity contribution in [2.75, 3.05) is 14.2 Å². The van der Waals surface area contributed by atoms with Gasteiger partial charge in [-0.25, -0.2) is 0 Å². The molecular formula is C19H22N2O2. The van der Waals surface area contributed by atoms with E-state index in [0.717, 1.165) is 24.3 Å². The summed E-state index contributed by atoms with van der Waals surface area (Å²) in [6.07, 6.45) is 0.747. The molecule has 1 N–H and O–H groups in total. The van der Waals surface area contributed by atoms with Crippen LogP contribution in [0.25, 0.3) is 0 Å². The lowest BCUT2D eigenvalue weighted by Gasteiger charge is -2.29. The number of carbonyl (C=O) groups excluding carboxylic acids is 1. The average Bonchev–Trinajstić information content (AvgIpc) is 2.60. The van der Waals surface area contributed by atoms with Crippen LogP contribution in [0.3, 0.4) is 0 Å². The first-order valence-corrected chi connectivity index (χ1v) is 7.85. The van der Waals surface area contributed by atoms with Crippen LogP contribution in [0.2, 0.25) is 0 Å². The van der Waals surface area contributed by atoms with Crippen LogP contribution in [-0.2, 0) is 24.3 Å². The van der Waals surface area contributed by atoms with Crippen molar-refractivity contribution in [2.45, 2.75) is 25.6 Å². The number of hydrogen-bond acceptors (Lipinski definition) is 3. The van der Waals surface area contributed by atoms with E-state index in [9.17, 15) is 4.79 Å². The Labute approximate surface area is 137 Å². The third kappa shape index (κ3) is 3.54. The number of hydrogen-bond donors (Lipinski definition) is 1. The van der Waals surface area contributed by atoms with Gasteiger partial charge in [-0.2, -0.15) is 0 Å². The summed E-state index contributed by atoms with van der Waals surface area (Å²) in [5, 5.41) is 3.35. The summed E-state index contributed by atoms with van der Waals surface area (Å²) < 4.78 is 5.24. The molecule has 0 aromatic heterocycles. The Bertz CT molecular complexity index is 699. The molecule has 4 nitrogen and oxygen atoms in total. The van der Waals surface area contributed by atoms with Crippen molar-refractivity contribution in [1.82, 2.24) is 10.2 Å². The van der Waals surface area contributed by atoms with Gasteiger partial charge in [-0.1, -0.05) is 36.4 Å². The summed E-state index contributed by atoms with van der Waals surface area (Å²) in [5.41, 5.74) is 3.61. The molecule has 0 radical (unpaired) electrons. The van der Waals surface area contributed by atoms with Gasteiger partial charge in [-0.05, 0) is 35.2 Å². The van der Waals surface area contributed by atoms with E-state index in [1.807, 2.05) is 43.4 Å². The summed E-state index contributed by atoms with van der Waals surface area (Å²) in [7, 11) is 3.50. The second-order valence-corrected chi connectivity index (χ2v) is 5.95.